The van der Waals surface area contributed by atoms with E-state index in [4.69, 9.17) is 4.89 Å². The van der Waals surface area contributed by atoms with Crippen LogP contribution in [0.15, 0.2) is 48.5 Å². The molecule has 0 amide bonds. The minimum Gasteiger partial charge on any atom is -0.341 e. The fourth-order valence-corrected chi connectivity index (χ4v) is 2.57. The van der Waals surface area contributed by atoms with Crippen LogP contribution in [0.4, 0.5) is 0 Å². The summed E-state index contributed by atoms with van der Waals surface area (Å²) < 4.78 is 11.1. The standard InChI is InChI=1S/C15H15O3P/c1-2-11-7-3-4-8-12(11)13-9-5-6-10-14(13)15(16)19(17)18/h3-10,19H,2H2,1H3,(H,17,18). The summed E-state index contributed by atoms with van der Waals surface area (Å²) in [4.78, 5) is 20.9. The Hall–Kier alpha value is -1.70. The van der Waals surface area contributed by atoms with E-state index < -0.39 is 13.6 Å². The van der Waals surface area contributed by atoms with Gasteiger partial charge in [0.25, 0.3) is 8.03 Å². The summed E-state index contributed by atoms with van der Waals surface area (Å²) in [6.45, 7) is 2.04. The highest BCUT2D eigenvalue weighted by atomic mass is 31.1. The second-order valence-corrected chi connectivity index (χ2v) is 5.25. The molecule has 0 aliphatic heterocycles. The molecule has 0 saturated carbocycles. The molecule has 0 saturated heterocycles. The van der Waals surface area contributed by atoms with Crippen molar-refractivity contribution in [1.29, 1.82) is 0 Å². The maximum atomic E-state index is 11.8. The van der Waals surface area contributed by atoms with Gasteiger partial charge in [-0.25, -0.2) is 0 Å². The van der Waals surface area contributed by atoms with Crippen molar-refractivity contribution >= 4 is 13.6 Å². The molecule has 0 aliphatic rings. The molecule has 0 spiro atoms. The van der Waals surface area contributed by atoms with Gasteiger partial charge < -0.3 is 4.89 Å². The van der Waals surface area contributed by atoms with Gasteiger partial charge in [-0.3, -0.25) is 9.36 Å². The van der Waals surface area contributed by atoms with Gasteiger partial charge in [0.2, 0.25) is 5.52 Å². The molecule has 19 heavy (non-hydrogen) atoms. The quantitative estimate of drug-likeness (QED) is 0.868. The second kappa shape index (κ2) is 5.96. The van der Waals surface area contributed by atoms with E-state index in [0.29, 0.717) is 5.56 Å². The van der Waals surface area contributed by atoms with Crippen molar-refractivity contribution in [3.8, 4) is 11.1 Å². The molecule has 98 valence electrons. The third-order valence-electron chi connectivity index (χ3n) is 3.05. The predicted molar refractivity (Wildman–Crippen MR) is 76.8 cm³/mol. The lowest BCUT2D eigenvalue weighted by atomic mass is 9.95. The summed E-state index contributed by atoms with van der Waals surface area (Å²) in [5, 5.41) is 0. The van der Waals surface area contributed by atoms with Crippen LogP contribution in [0.5, 0.6) is 0 Å². The first-order valence-corrected chi connectivity index (χ1v) is 7.45. The molecule has 1 unspecified atom stereocenters. The minimum absolute atomic E-state index is 0.315. The molecule has 0 bridgehead atoms. The summed E-state index contributed by atoms with van der Waals surface area (Å²) in [5.74, 6) is 0. The van der Waals surface area contributed by atoms with E-state index in [-0.39, 0.29) is 0 Å². The van der Waals surface area contributed by atoms with Gasteiger partial charge in [0.1, 0.15) is 0 Å². The lowest BCUT2D eigenvalue weighted by Crippen LogP contribution is -1.98. The Morgan fingerprint density at radius 3 is 2.26 bits per heavy atom. The third kappa shape index (κ3) is 2.83. The van der Waals surface area contributed by atoms with E-state index in [2.05, 4.69) is 0 Å². The normalized spacial score (nSPS) is 12.1. The maximum Gasteiger partial charge on any atom is 0.257 e. The van der Waals surface area contributed by atoms with Crippen molar-refractivity contribution in [1.82, 2.24) is 0 Å². The first-order chi connectivity index (χ1) is 9.15. The van der Waals surface area contributed by atoms with E-state index >= 15 is 0 Å². The SMILES string of the molecule is CCc1ccccc1-c1ccccc1C(=O)[PH](=O)O. The summed E-state index contributed by atoms with van der Waals surface area (Å²) in [6, 6.07) is 14.7. The number of benzene rings is 2. The Morgan fingerprint density at radius 1 is 1.05 bits per heavy atom. The van der Waals surface area contributed by atoms with Gasteiger partial charge in [0.15, 0.2) is 0 Å². The predicted octanol–water partition coefficient (Wildman–Crippen LogP) is 3.52. The van der Waals surface area contributed by atoms with Crippen LogP contribution in [0.2, 0.25) is 0 Å². The zero-order valence-corrected chi connectivity index (χ0v) is 11.6. The lowest BCUT2D eigenvalue weighted by Gasteiger charge is -2.11. The monoisotopic (exact) mass is 274 g/mol. The minimum atomic E-state index is -3.20. The van der Waals surface area contributed by atoms with Crippen LogP contribution >= 0.6 is 8.03 Å². The Labute approximate surface area is 112 Å². The highest BCUT2D eigenvalue weighted by Gasteiger charge is 2.17. The molecule has 0 radical (unpaired) electrons. The fraction of sp³-hybridized carbons (Fsp3) is 0.133. The highest BCUT2D eigenvalue weighted by molar-refractivity contribution is 7.59. The molecule has 4 heteroatoms. The van der Waals surface area contributed by atoms with Crippen LogP contribution in [0, 0.1) is 0 Å². The van der Waals surface area contributed by atoms with Gasteiger partial charge in [-0.05, 0) is 23.1 Å². The van der Waals surface area contributed by atoms with Crippen LogP contribution < -0.4 is 0 Å². The first-order valence-electron chi connectivity index (χ1n) is 6.10. The molecular weight excluding hydrogens is 259 g/mol. The second-order valence-electron chi connectivity index (χ2n) is 4.19. The molecule has 2 aromatic rings. The van der Waals surface area contributed by atoms with Gasteiger partial charge in [0, 0.05) is 5.56 Å². The van der Waals surface area contributed by atoms with E-state index in [9.17, 15) is 9.36 Å². The topological polar surface area (TPSA) is 54.4 Å². The molecule has 2 aromatic carbocycles. The highest BCUT2D eigenvalue weighted by Crippen LogP contribution is 2.32. The molecule has 3 nitrogen and oxygen atoms in total. The van der Waals surface area contributed by atoms with Crippen molar-refractivity contribution < 1.29 is 14.3 Å². The molecule has 1 atom stereocenters. The molecule has 0 aromatic heterocycles. The molecule has 0 fully saturated rings. The van der Waals surface area contributed by atoms with Crippen LogP contribution in [-0.4, -0.2) is 10.4 Å². The van der Waals surface area contributed by atoms with Gasteiger partial charge in [-0.1, -0.05) is 55.5 Å². The van der Waals surface area contributed by atoms with Crippen LogP contribution in [0.1, 0.15) is 22.8 Å². The molecule has 2 rings (SSSR count). The van der Waals surface area contributed by atoms with Crippen molar-refractivity contribution in [3.63, 3.8) is 0 Å². The molecule has 0 heterocycles. The van der Waals surface area contributed by atoms with E-state index in [0.717, 1.165) is 23.1 Å². The Balaban J connectivity index is 2.63. The Kier molecular flexibility index (Phi) is 4.31. The number of carbonyl (C=O) groups is 1. The van der Waals surface area contributed by atoms with Crippen LogP contribution in [0.25, 0.3) is 11.1 Å². The van der Waals surface area contributed by atoms with Crippen LogP contribution in [-0.2, 0) is 11.0 Å². The summed E-state index contributed by atoms with van der Waals surface area (Å²) >= 11 is 0. The fourth-order valence-electron chi connectivity index (χ4n) is 2.12. The summed E-state index contributed by atoms with van der Waals surface area (Å²) in [5.41, 5.74) is 2.40. The zero-order chi connectivity index (χ0) is 13.8. The maximum absolute atomic E-state index is 11.8. The third-order valence-corrected chi connectivity index (χ3v) is 3.71. The smallest absolute Gasteiger partial charge is 0.257 e. The van der Waals surface area contributed by atoms with Gasteiger partial charge in [-0.15, -0.1) is 0 Å². The number of aryl methyl sites for hydroxylation is 1. The summed E-state index contributed by atoms with van der Waals surface area (Å²) in [6.07, 6.45) is 0.840. The van der Waals surface area contributed by atoms with Crippen LogP contribution in [0.3, 0.4) is 0 Å². The number of hydrogen-bond donors (Lipinski definition) is 1. The van der Waals surface area contributed by atoms with Gasteiger partial charge in [0.05, 0.1) is 0 Å². The molecular formula is C15H15O3P. The van der Waals surface area contributed by atoms with Crippen molar-refractivity contribution in [2.75, 3.05) is 0 Å². The summed E-state index contributed by atoms with van der Waals surface area (Å²) in [7, 11) is -3.20. The van der Waals surface area contributed by atoms with Gasteiger partial charge in [-0.2, -0.15) is 0 Å². The average Bonchev–Trinajstić information content (AvgIpc) is 2.46. The Bertz CT molecular complexity index is 635. The molecule has 0 aliphatic carbocycles. The van der Waals surface area contributed by atoms with Crippen molar-refractivity contribution in [2.24, 2.45) is 0 Å². The lowest BCUT2D eigenvalue weighted by molar-refractivity contribution is 0.106. The van der Waals surface area contributed by atoms with Gasteiger partial charge >= 0.3 is 0 Å². The average molecular weight is 274 g/mol. The molecule has 1 N–H and O–H groups in total. The number of hydrogen-bond acceptors (Lipinski definition) is 2. The first kappa shape index (κ1) is 13.7. The van der Waals surface area contributed by atoms with Crippen molar-refractivity contribution in [2.45, 2.75) is 13.3 Å². The Morgan fingerprint density at radius 2 is 1.63 bits per heavy atom. The van der Waals surface area contributed by atoms with E-state index in [1.807, 2.05) is 43.3 Å². The number of rotatable bonds is 4. The van der Waals surface area contributed by atoms with Crippen molar-refractivity contribution in [3.05, 3.63) is 59.7 Å². The van der Waals surface area contributed by atoms with E-state index in [1.54, 1.807) is 12.1 Å². The number of carbonyl (C=O) groups excluding carboxylic acids is 1. The zero-order valence-electron chi connectivity index (χ0n) is 10.6. The largest absolute Gasteiger partial charge is 0.341 e. The van der Waals surface area contributed by atoms with E-state index in [1.165, 1.54) is 0 Å².